The highest BCUT2D eigenvalue weighted by molar-refractivity contribution is 5.96. The van der Waals surface area contributed by atoms with E-state index in [-0.39, 0.29) is 17.7 Å². The van der Waals surface area contributed by atoms with Crippen molar-refractivity contribution in [2.45, 2.75) is 38.6 Å². The molecular formula is C23H31N5O4. The van der Waals surface area contributed by atoms with Gasteiger partial charge in [0.1, 0.15) is 24.0 Å². The topological polar surface area (TPSA) is 161 Å². The minimum Gasteiger partial charge on any atom is -0.394 e. The quantitative estimate of drug-likeness (QED) is 0.199. The van der Waals surface area contributed by atoms with E-state index in [4.69, 9.17) is 11.1 Å². The lowest BCUT2D eigenvalue weighted by molar-refractivity contribution is -0.132. The van der Waals surface area contributed by atoms with Crippen molar-refractivity contribution in [2.24, 2.45) is 11.7 Å². The van der Waals surface area contributed by atoms with Crippen LogP contribution in [0.5, 0.6) is 0 Å². The van der Waals surface area contributed by atoms with Crippen LogP contribution in [0.1, 0.15) is 25.0 Å². The fourth-order valence-electron chi connectivity index (χ4n) is 3.07. The molecule has 0 saturated heterocycles. The van der Waals surface area contributed by atoms with Crippen LogP contribution >= 0.6 is 0 Å². The van der Waals surface area contributed by atoms with Crippen molar-refractivity contribution >= 4 is 23.3 Å². The number of aliphatic hydroxyl groups is 2. The van der Waals surface area contributed by atoms with E-state index in [9.17, 15) is 19.8 Å². The van der Waals surface area contributed by atoms with E-state index in [1.165, 1.54) is 0 Å². The number of aliphatic hydroxyl groups excluding tert-OH is 2. The number of benzene rings is 2. The third kappa shape index (κ3) is 7.07. The van der Waals surface area contributed by atoms with Crippen molar-refractivity contribution < 1.29 is 19.8 Å². The molecule has 0 fully saturated rings. The van der Waals surface area contributed by atoms with Gasteiger partial charge in [0.2, 0.25) is 11.8 Å². The lowest BCUT2D eigenvalue weighted by atomic mass is 10.0. The molecule has 0 aliphatic rings. The average molecular weight is 442 g/mol. The van der Waals surface area contributed by atoms with Gasteiger partial charge in [0.25, 0.3) is 0 Å². The zero-order chi connectivity index (χ0) is 23.7. The minimum absolute atomic E-state index is 0.146. The molecule has 8 N–H and O–H groups in total. The second kappa shape index (κ2) is 11.8. The summed E-state index contributed by atoms with van der Waals surface area (Å²) in [6, 6.07) is 13.8. The van der Waals surface area contributed by atoms with Gasteiger partial charge in [0, 0.05) is 17.8 Å². The zero-order valence-electron chi connectivity index (χ0n) is 18.2. The lowest BCUT2D eigenvalue weighted by Gasteiger charge is -2.27. The second-order valence-electron chi connectivity index (χ2n) is 7.80. The third-order valence-electron chi connectivity index (χ3n) is 4.91. The molecule has 9 nitrogen and oxygen atoms in total. The van der Waals surface area contributed by atoms with Crippen LogP contribution in [0, 0.1) is 11.3 Å². The van der Waals surface area contributed by atoms with Gasteiger partial charge in [0.05, 0.1) is 6.61 Å². The van der Waals surface area contributed by atoms with E-state index < -0.39 is 30.7 Å². The number of hydrogen-bond acceptors (Lipinski definition) is 6. The van der Waals surface area contributed by atoms with Gasteiger partial charge in [-0.2, -0.15) is 0 Å². The maximum atomic E-state index is 13.0. The molecule has 3 atom stereocenters. The summed E-state index contributed by atoms with van der Waals surface area (Å²) in [4.78, 5) is 25.7. The Balaban J connectivity index is 2.12. The van der Waals surface area contributed by atoms with Gasteiger partial charge in [-0.1, -0.05) is 56.3 Å². The molecular weight excluding hydrogens is 410 g/mol. The van der Waals surface area contributed by atoms with E-state index in [0.717, 1.165) is 5.56 Å². The highest BCUT2D eigenvalue weighted by atomic mass is 16.3. The van der Waals surface area contributed by atoms with Gasteiger partial charge in [-0.25, -0.2) is 0 Å². The van der Waals surface area contributed by atoms with Crippen LogP contribution in [-0.2, 0) is 16.1 Å². The summed E-state index contributed by atoms with van der Waals surface area (Å²) in [7, 11) is 0. The first-order valence-electron chi connectivity index (χ1n) is 10.3. The molecule has 172 valence electrons. The Bertz CT molecular complexity index is 920. The van der Waals surface area contributed by atoms with Crippen molar-refractivity contribution in [1.29, 1.82) is 5.41 Å². The number of carbonyl (C=O) groups excluding carboxylic acids is 2. The standard InChI is InChI=1S/C23H31N5O4/c1-14(2)19(22(31)26-12-15-7-4-3-5-8-15)28-23(32)20(18(30)13-29)27-17-10-6-9-16(11-17)21(24)25/h3-11,14,18-20,27,29-30H,12-13H2,1-2H3,(H3,24,25)(H,26,31)(H,28,32). The van der Waals surface area contributed by atoms with Gasteiger partial charge < -0.3 is 31.9 Å². The van der Waals surface area contributed by atoms with Crippen LogP contribution < -0.4 is 21.7 Å². The van der Waals surface area contributed by atoms with Crippen LogP contribution in [0.25, 0.3) is 0 Å². The Morgan fingerprint density at radius 1 is 1.03 bits per heavy atom. The molecule has 0 bridgehead atoms. The number of amidine groups is 1. The summed E-state index contributed by atoms with van der Waals surface area (Å²) in [5.41, 5.74) is 7.30. The molecule has 9 heteroatoms. The molecule has 2 aromatic carbocycles. The number of hydrogen-bond donors (Lipinski definition) is 7. The Kier molecular flexibility index (Phi) is 9.18. The zero-order valence-corrected chi connectivity index (χ0v) is 18.2. The average Bonchev–Trinajstić information content (AvgIpc) is 2.79. The maximum Gasteiger partial charge on any atom is 0.245 e. The monoisotopic (exact) mass is 441 g/mol. The molecule has 0 spiro atoms. The SMILES string of the molecule is CC(C)C(NC(=O)C(Nc1cccc(C(=N)N)c1)C(O)CO)C(=O)NCc1ccccc1. The number of anilines is 1. The van der Waals surface area contributed by atoms with Crippen LogP contribution in [0.2, 0.25) is 0 Å². The summed E-state index contributed by atoms with van der Waals surface area (Å²) >= 11 is 0. The smallest absolute Gasteiger partial charge is 0.245 e. The van der Waals surface area contributed by atoms with Crippen LogP contribution in [0.15, 0.2) is 54.6 Å². The normalized spacial score (nSPS) is 13.7. The van der Waals surface area contributed by atoms with Crippen molar-refractivity contribution in [3.63, 3.8) is 0 Å². The highest BCUT2D eigenvalue weighted by Crippen LogP contribution is 2.14. The van der Waals surface area contributed by atoms with Gasteiger partial charge in [-0.05, 0) is 23.6 Å². The Morgan fingerprint density at radius 3 is 2.31 bits per heavy atom. The molecule has 32 heavy (non-hydrogen) atoms. The number of nitrogen functional groups attached to an aromatic ring is 1. The number of carbonyl (C=O) groups is 2. The second-order valence-corrected chi connectivity index (χ2v) is 7.80. The largest absolute Gasteiger partial charge is 0.394 e. The third-order valence-corrected chi connectivity index (χ3v) is 4.91. The number of nitrogens with two attached hydrogens (primary N) is 1. The predicted octanol–water partition coefficient (Wildman–Crippen LogP) is 0.562. The summed E-state index contributed by atoms with van der Waals surface area (Å²) in [6.07, 6.45) is -1.42. The van der Waals surface area contributed by atoms with E-state index in [2.05, 4.69) is 16.0 Å². The Hall–Kier alpha value is -3.43. The first kappa shape index (κ1) is 24.8. The van der Waals surface area contributed by atoms with Crippen molar-refractivity contribution in [3.8, 4) is 0 Å². The molecule has 2 rings (SSSR count). The molecule has 0 aromatic heterocycles. The van der Waals surface area contributed by atoms with Crippen molar-refractivity contribution in [2.75, 3.05) is 11.9 Å². The molecule has 0 heterocycles. The molecule has 2 amide bonds. The molecule has 2 aromatic rings. The minimum atomic E-state index is -1.42. The number of rotatable bonds is 11. The fraction of sp³-hybridized carbons (Fsp3) is 0.348. The van der Waals surface area contributed by atoms with Gasteiger partial charge >= 0.3 is 0 Å². The summed E-state index contributed by atoms with van der Waals surface area (Å²) in [5.74, 6) is -1.36. The van der Waals surface area contributed by atoms with Gasteiger partial charge in [-0.3, -0.25) is 15.0 Å². The molecule has 0 aliphatic heterocycles. The van der Waals surface area contributed by atoms with Gasteiger partial charge in [-0.15, -0.1) is 0 Å². The highest BCUT2D eigenvalue weighted by Gasteiger charge is 2.31. The molecule has 0 radical (unpaired) electrons. The first-order chi connectivity index (χ1) is 15.2. The molecule has 0 aliphatic carbocycles. The van der Waals surface area contributed by atoms with E-state index in [0.29, 0.717) is 17.8 Å². The van der Waals surface area contributed by atoms with Crippen LogP contribution in [0.4, 0.5) is 5.69 Å². The lowest BCUT2D eigenvalue weighted by Crippen LogP contribution is -2.56. The molecule has 3 unspecified atom stereocenters. The summed E-state index contributed by atoms with van der Waals surface area (Å²) in [5, 5.41) is 35.6. The van der Waals surface area contributed by atoms with Crippen LogP contribution in [-0.4, -0.2) is 52.7 Å². The van der Waals surface area contributed by atoms with E-state index in [1.807, 2.05) is 30.3 Å². The maximum absolute atomic E-state index is 13.0. The number of amides is 2. The van der Waals surface area contributed by atoms with Gasteiger partial charge in [0.15, 0.2) is 0 Å². The fourth-order valence-corrected chi connectivity index (χ4v) is 3.07. The summed E-state index contributed by atoms with van der Waals surface area (Å²) in [6.45, 7) is 3.25. The first-order valence-corrected chi connectivity index (χ1v) is 10.3. The Morgan fingerprint density at radius 2 is 1.72 bits per heavy atom. The van der Waals surface area contributed by atoms with E-state index >= 15 is 0 Å². The van der Waals surface area contributed by atoms with Crippen LogP contribution in [0.3, 0.4) is 0 Å². The predicted molar refractivity (Wildman–Crippen MR) is 123 cm³/mol. The Labute approximate surface area is 187 Å². The number of nitrogens with one attached hydrogen (secondary N) is 4. The van der Waals surface area contributed by atoms with E-state index in [1.54, 1.807) is 38.1 Å². The van der Waals surface area contributed by atoms with Crippen molar-refractivity contribution in [3.05, 3.63) is 65.7 Å². The molecule has 0 saturated carbocycles. The van der Waals surface area contributed by atoms with Crippen molar-refractivity contribution in [1.82, 2.24) is 10.6 Å². The summed E-state index contributed by atoms with van der Waals surface area (Å²) < 4.78 is 0.